The number of halogens is 2. The molecule has 1 amide bonds. The van der Waals surface area contributed by atoms with Gasteiger partial charge in [-0.1, -0.05) is 35.3 Å². The number of hydrogen-bond acceptors (Lipinski definition) is 2. The first-order valence-electron chi connectivity index (χ1n) is 9.28. The number of benzene rings is 3. The van der Waals surface area contributed by atoms with E-state index >= 15 is 0 Å². The van der Waals surface area contributed by atoms with Crippen LogP contribution in [-0.2, 0) is 6.54 Å². The molecule has 0 bridgehead atoms. The SMILES string of the molecule is NC(=O)c1cccc2c1c1[c]cc(-c3c(Cl)cccc3Cl)cc1n2Cc1ccco1. The molecule has 5 aromatic rings. The van der Waals surface area contributed by atoms with Crippen molar-refractivity contribution in [3.8, 4) is 11.1 Å². The van der Waals surface area contributed by atoms with Crippen LogP contribution in [0.2, 0.25) is 10.0 Å². The molecule has 0 atom stereocenters. The third-order valence-corrected chi connectivity index (χ3v) is 5.84. The van der Waals surface area contributed by atoms with Gasteiger partial charge in [-0.25, -0.2) is 0 Å². The summed E-state index contributed by atoms with van der Waals surface area (Å²) >= 11 is 12.9. The molecule has 5 rings (SSSR count). The number of aromatic nitrogens is 1. The Labute approximate surface area is 182 Å². The Hall–Kier alpha value is -3.21. The molecular formula is C24H15Cl2N2O2. The minimum atomic E-state index is -0.482. The van der Waals surface area contributed by atoms with Crippen molar-refractivity contribution in [3.63, 3.8) is 0 Å². The van der Waals surface area contributed by atoms with E-state index in [1.165, 1.54) is 0 Å². The topological polar surface area (TPSA) is 61.2 Å². The number of carbonyl (C=O) groups is 1. The lowest BCUT2D eigenvalue weighted by Gasteiger charge is -2.09. The van der Waals surface area contributed by atoms with E-state index in [1.54, 1.807) is 24.5 Å². The highest BCUT2D eigenvalue weighted by molar-refractivity contribution is 6.39. The second kappa shape index (κ2) is 7.24. The summed E-state index contributed by atoms with van der Waals surface area (Å²) in [6.45, 7) is 0.489. The zero-order chi connectivity index (χ0) is 20.8. The molecule has 0 saturated heterocycles. The van der Waals surface area contributed by atoms with E-state index in [-0.39, 0.29) is 0 Å². The summed E-state index contributed by atoms with van der Waals surface area (Å²) in [6.07, 6.45) is 1.64. The lowest BCUT2D eigenvalue weighted by atomic mass is 10.0. The number of nitrogens with zero attached hydrogens (tertiary/aromatic N) is 1. The van der Waals surface area contributed by atoms with E-state index in [1.807, 2.05) is 42.5 Å². The van der Waals surface area contributed by atoms with Crippen LogP contribution >= 0.6 is 23.2 Å². The fraction of sp³-hybridized carbons (Fsp3) is 0.0417. The molecule has 0 fully saturated rings. The smallest absolute Gasteiger partial charge is 0.249 e. The quantitative estimate of drug-likeness (QED) is 0.360. The molecule has 0 aliphatic heterocycles. The van der Waals surface area contributed by atoms with Crippen LogP contribution in [0, 0.1) is 6.07 Å². The molecule has 0 unspecified atom stereocenters. The van der Waals surface area contributed by atoms with Crippen LogP contribution in [0.15, 0.2) is 71.3 Å². The fourth-order valence-electron chi connectivity index (χ4n) is 3.91. The zero-order valence-electron chi connectivity index (χ0n) is 15.7. The number of primary amides is 1. The molecule has 4 nitrogen and oxygen atoms in total. The van der Waals surface area contributed by atoms with Gasteiger partial charge in [0.25, 0.3) is 0 Å². The van der Waals surface area contributed by atoms with Crippen molar-refractivity contribution < 1.29 is 9.21 Å². The molecule has 2 heterocycles. The van der Waals surface area contributed by atoms with Crippen molar-refractivity contribution in [1.82, 2.24) is 4.57 Å². The third kappa shape index (κ3) is 2.96. The molecule has 0 spiro atoms. The van der Waals surface area contributed by atoms with E-state index in [4.69, 9.17) is 33.4 Å². The van der Waals surface area contributed by atoms with Crippen LogP contribution in [-0.4, -0.2) is 10.5 Å². The molecule has 2 aromatic heterocycles. The Kier molecular flexibility index (Phi) is 4.54. The summed E-state index contributed by atoms with van der Waals surface area (Å²) < 4.78 is 7.65. The lowest BCUT2D eigenvalue weighted by Crippen LogP contribution is -2.11. The van der Waals surface area contributed by atoms with Crippen LogP contribution in [0.3, 0.4) is 0 Å². The average molecular weight is 434 g/mol. The summed E-state index contributed by atoms with van der Waals surface area (Å²) in [4.78, 5) is 12.1. The van der Waals surface area contributed by atoms with Crippen molar-refractivity contribution in [2.24, 2.45) is 5.73 Å². The van der Waals surface area contributed by atoms with Gasteiger partial charge >= 0.3 is 0 Å². The Morgan fingerprint density at radius 3 is 2.50 bits per heavy atom. The van der Waals surface area contributed by atoms with Crippen LogP contribution < -0.4 is 5.73 Å². The van der Waals surface area contributed by atoms with Crippen LogP contribution in [0.5, 0.6) is 0 Å². The summed E-state index contributed by atoms with van der Waals surface area (Å²) in [5.74, 6) is 0.309. The molecule has 3 aromatic carbocycles. The Bertz CT molecular complexity index is 1400. The van der Waals surface area contributed by atoms with Gasteiger partial charge in [-0.3, -0.25) is 4.79 Å². The van der Waals surface area contributed by atoms with E-state index in [0.717, 1.165) is 38.7 Å². The normalized spacial score (nSPS) is 11.4. The minimum Gasteiger partial charge on any atom is -0.467 e. The number of rotatable bonds is 4. The summed E-state index contributed by atoms with van der Waals surface area (Å²) in [6, 6.07) is 21.9. The van der Waals surface area contributed by atoms with Crippen LogP contribution in [0.1, 0.15) is 16.1 Å². The molecule has 1 radical (unpaired) electrons. The highest BCUT2D eigenvalue weighted by Gasteiger charge is 2.19. The Morgan fingerprint density at radius 1 is 1.03 bits per heavy atom. The standard InChI is InChI=1S/C24H15Cl2N2O2/c25-18-6-2-7-19(26)22(18)14-9-10-16-21(12-14)28(13-15-4-3-11-30-15)20-8-1-5-17(23(16)20)24(27)29/h1-9,11-12H,13H2,(H2,27,29). The zero-order valence-corrected chi connectivity index (χ0v) is 17.2. The number of carbonyl (C=O) groups excluding carboxylic acids is 1. The molecule has 6 heteroatoms. The first-order chi connectivity index (χ1) is 14.5. The molecule has 30 heavy (non-hydrogen) atoms. The van der Waals surface area contributed by atoms with Crippen molar-refractivity contribution in [2.45, 2.75) is 6.54 Å². The summed E-state index contributed by atoms with van der Waals surface area (Å²) in [5.41, 5.74) is 9.44. The molecule has 0 saturated carbocycles. The second-order valence-electron chi connectivity index (χ2n) is 6.97. The van der Waals surface area contributed by atoms with Crippen molar-refractivity contribution in [1.29, 1.82) is 0 Å². The van der Waals surface area contributed by atoms with E-state index < -0.39 is 5.91 Å². The molecule has 0 aliphatic carbocycles. The minimum absolute atomic E-state index is 0.454. The number of nitrogens with two attached hydrogens (primary N) is 1. The predicted molar refractivity (Wildman–Crippen MR) is 120 cm³/mol. The number of amides is 1. The lowest BCUT2D eigenvalue weighted by molar-refractivity contribution is 0.100. The van der Waals surface area contributed by atoms with Gasteiger partial charge in [0.2, 0.25) is 5.91 Å². The first-order valence-corrected chi connectivity index (χ1v) is 10.0. The van der Waals surface area contributed by atoms with E-state index in [2.05, 4.69) is 10.6 Å². The van der Waals surface area contributed by atoms with Gasteiger partial charge in [0.05, 0.1) is 23.8 Å². The van der Waals surface area contributed by atoms with Gasteiger partial charge in [0.1, 0.15) is 5.76 Å². The molecule has 147 valence electrons. The monoisotopic (exact) mass is 433 g/mol. The molecular weight excluding hydrogens is 419 g/mol. The average Bonchev–Trinajstić information content (AvgIpc) is 3.35. The number of fused-ring (bicyclic) bond motifs is 3. The van der Waals surface area contributed by atoms with E-state index in [0.29, 0.717) is 22.2 Å². The van der Waals surface area contributed by atoms with Crippen LogP contribution in [0.25, 0.3) is 32.9 Å². The van der Waals surface area contributed by atoms with Crippen molar-refractivity contribution >= 4 is 50.9 Å². The third-order valence-electron chi connectivity index (χ3n) is 5.21. The van der Waals surface area contributed by atoms with Gasteiger partial charge < -0.3 is 14.7 Å². The first kappa shape index (κ1) is 18.8. The summed E-state index contributed by atoms with van der Waals surface area (Å²) in [5, 5.41) is 2.68. The molecule has 2 N–H and O–H groups in total. The van der Waals surface area contributed by atoms with Crippen molar-refractivity contribution in [3.05, 3.63) is 94.4 Å². The maximum atomic E-state index is 12.1. The van der Waals surface area contributed by atoms with E-state index in [9.17, 15) is 4.79 Å². The summed E-state index contributed by atoms with van der Waals surface area (Å²) in [7, 11) is 0. The maximum Gasteiger partial charge on any atom is 0.249 e. The van der Waals surface area contributed by atoms with Gasteiger partial charge in [-0.2, -0.15) is 0 Å². The second-order valence-corrected chi connectivity index (χ2v) is 7.79. The Balaban J connectivity index is 1.85. The maximum absolute atomic E-state index is 12.1. The molecule has 0 aliphatic rings. The van der Waals surface area contributed by atoms with Gasteiger partial charge in [-0.15, -0.1) is 0 Å². The highest BCUT2D eigenvalue weighted by atomic mass is 35.5. The number of furan rings is 1. The largest absolute Gasteiger partial charge is 0.467 e. The van der Waals surface area contributed by atoms with Crippen molar-refractivity contribution in [2.75, 3.05) is 0 Å². The van der Waals surface area contributed by atoms with Gasteiger partial charge in [-0.05, 0) is 60.2 Å². The number of hydrogen-bond donors (Lipinski definition) is 1. The fourth-order valence-corrected chi connectivity index (χ4v) is 4.52. The predicted octanol–water partition coefficient (Wildman–Crippen LogP) is 6.31. The highest BCUT2D eigenvalue weighted by Crippen LogP contribution is 2.39. The van der Waals surface area contributed by atoms with Crippen LogP contribution in [0.4, 0.5) is 0 Å². The Morgan fingerprint density at radius 2 is 1.80 bits per heavy atom. The van der Waals surface area contributed by atoms with Gasteiger partial charge in [0.15, 0.2) is 0 Å². The van der Waals surface area contributed by atoms with Gasteiger partial charge in [0, 0.05) is 31.9 Å².